The molecule has 2 aromatic carbocycles. The first-order chi connectivity index (χ1) is 35.8. The number of hydrogen-bond donors (Lipinski definition) is 9. The third-order valence-corrected chi connectivity index (χ3v) is 15.7. The van der Waals surface area contributed by atoms with Crippen molar-refractivity contribution in [1.82, 2.24) is 52.3 Å². The highest BCUT2D eigenvalue weighted by Crippen LogP contribution is 2.36. The van der Waals surface area contributed by atoms with Crippen molar-refractivity contribution in [1.29, 1.82) is 0 Å². The second-order valence-electron chi connectivity index (χ2n) is 20.5. The molecule has 4 heterocycles. The highest BCUT2D eigenvalue weighted by atomic mass is 16.3. The van der Waals surface area contributed by atoms with Gasteiger partial charge in [0.1, 0.15) is 30.2 Å². The molecule has 9 N–H and O–H groups in total. The van der Waals surface area contributed by atoms with E-state index >= 15 is 0 Å². The van der Waals surface area contributed by atoms with E-state index < -0.39 is 60.0 Å². The molecular formula is C55H82N10O9. The lowest BCUT2D eigenvalue weighted by Crippen LogP contribution is -2.59. The van der Waals surface area contributed by atoms with Crippen LogP contribution in [-0.4, -0.2) is 144 Å². The summed E-state index contributed by atoms with van der Waals surface area (Å²) in [6.45, 7) is 4.38. The second kappa shape index (κ2) is 28.7. The zero-order valence-electron chi connectivity index (χ0n) is 43.9. The van der Waals surface area contributed by atoms with Gasteiger partial charge in [-0.1, -0.05) is 93.8 Å². The average Bonchev–Trinajstić information content (AvgIpc) is 3.99. The van der Waals surface area contributed by atoms with Crippen molar-refractivity contribution in [3.63, 3.8) is 0 Å². The summed E-state index contributed by atoms with van der Waals surface area (Å²) < 4.78 is 0. The number of likely N-dealkylation sites (N-methyl/N-ethyl adjacent to an activating group) is 2. The minimum absolute atomic E-state index is 0.139. The van der Waals surface area contributed by atoms with Crippen LogP contribution in [0.15, 0.2) is 60.7 Å². The Bertz CT molecular complexity index is 2190. The largest absolute Gasteiger partial charge is 0.396 e. The predicted molar refractivity (Wildman–Crippen MR) is 279 cm³/mol. The minimum Gasteiger partial charge on any atom is -0.396 e. The van der Waals surface area contributed by atoms with E-state index in [2.05, 4.69) is 42.5 Å². The molecule has 0 saturated carbocycles. The van der Waals surface area contributed by atoms with Gasteiger partial charge in [0.2, 0.25) is 47.3 Å². The zero-order chi connectivity index (χ0) is 53.1. The number of aliphatic hydroxyl groups excluding tert-OH is 1. The molecule has 74 heavy (non-hydrogen) atoms. The Hall–Kier alpha value is -5.92. The molecule has 4 fully saturated rings. The predicted octanol–water partition coefficient (Wildman–Crippen LogP) is 2.23. The number of aliphatic hydroxyl groups is 1. The van der Waals surface area contributed by atoms with Crippen LogP contribution < -0.4 is 42.5 Å². The summed E-state index contributed by atoms with van der Waals surface area (Å²) in [6, 6.07) is 12.7. The van der Waals surface area contributed by atoms with Gasteiger partial charge in [0, 0.05) is 56.6 Å². The van der Waals surface area contributed by atoms with Crippen molar-refractivity contribution in [2.45, 2.75) is 178 Å². The third kappa shape index (κ3) is 14.9. The smallest absolute Gasteiger partial charge is 0.247 e. The maximum Gasteiger partial charge on any atom is 0.247 e. The molecule has 0 radical (unpaired) electrons. The summed E-state index contributed by atoms with van der Waals surface area (Å²) in [7, 11) is 3.37. The third-order valence-electron chi connectivity index (χ3n) is 15.7. The number of fused-ring (bicyclic) bond motifs is 2. The monoisotopic (exact) mass is 1030 g/mol. The summed E-state index contributed by atoms with van der Waals surface area (Å²) in [5.41, 5.74) is 1.55. The number of carbonyl (C=O) groups is 8. The molecule has 11 atom stereocenters. The van der Waals surface area contributed by atoms with E-state index in [1.807, 2.05) is 50.2 Å². The summed E-state index contributed by atoms with van der Waals surface area (Å²) in [5.74, 6) is -3.39. The summed E-state index contributed by atoms with van der Waals surface area (Å²) in [5, 5.41) is 34.1. The highest BCUT2D eigenvalue weighted by molar-refractivity contribution is 5.96. The topological polar surface area (TPSA) is 260 Å². The molecule has 4 saturated heterocycles. The van der Waals surface area contributed by atoms with Gasteiger partial charge in [-0.3, -0.25) is 38.4 Å². The fourth-order valence-electron chi connectivity index (χ4n) is 11.4. The standard InChI is InChI=1S/C55H82N10O9/c1-5-41(56-3)49(68)62-47-37(23-25-39-27-29-43(64(39)54(47)73)51(70)60-32-35-18-12-10-13-19-35)33-59-45(67)22-16-8-7-9-17-31-58-53(72)46(36-20-14-11-15-21-36)61-52(71)44-30-28-40-26-24-38(34-66)48(55(74)65(40)44)63-50(69)42(6-2)57-4/h10-15,18-21,37-44,46-48,56-57,66H,5-9,16-17,22-34H2,1-4H3,(H,58,72)(H,59,67)(H,60,70)(H,61,71)(H,62,68)(H,63,69)/t37-,38-,39+,40?,41+,42+,43+,44+,46+,47+,48+/m1/s1. The molecule has 1 unspecified atom stereocenters. The lowest BCUT2D eigenvalue weighted by atomic mass is 9.92. The Kier molecular flexibility index (Phi) is 22.2. The quantitative estimate of drug-likeness (QED) is 0.0618. The van der Waals surface area contributed by atoms with Crippen LogP contribution in [0.4, 0.5) is 0 Å². The zero-order valence-corrected chi connectivity index (χ0v) is 43.9. The average molecular weight is 1030 g/mol. The van der Waals surface area contributed by atoms with Gasteiger partial charge in [0.15, 0.2) is 0 Å². The fraction of sp³-hybridized carbons (Fsp3) is 0.636. The first kappa shape index (κ1) is 57.4. The van der Waals surface area contributed by atoms with E-state index in [-0.39, 0.29) is 66.6 Å². The second-order valence-corrected chi connectivity index (χ2v) is 20.5. The van der Waals surface area contributed by atoms with Crippen LogP contribution >= 0.6 is 0 Å². The van der Waals surface area contributed by atoms with Gasteiger partial charge in [-0.25, -0.2) is 0 Å². The summed E-state index contributed by atoms with van der Waals surface area (Å²) in [4.78, 5) is 113. The molecule has 0 bridgehead atoms. The van der Waals surface area contributed by atoms with Gasteiger partial charge in [0.25, 0.3) is 0 Å². The fourth-order valence-corrected chi connectivity index (χ4v) is 11.4. The molecule has 0 spiro atoms. The van der Waals surface area contributed by atoms with Crippen LogP contribution in [0.5, 0.6) is 0 Å². The maximum atomic E-state index is 14.4. The molecule has 2 aromatic rings. The molecular weight excluding hydrogens is 945 g/mol. The lowest BCUT2D eigenvalue weighted by Gasteiger charge is -2.33. The molecule has 8 amide bonds. The molecule has 406 valence electrons. The Morgan fingerprint density at radius 1 is 0.595 bits per heavy atom. The Balaban J connectivity index is 0.955. The molecule has 19 nitrogen and oxygen atoms in total. The van der Waals surface area contributed by atoms with E-state index in [0.29, 0.717) is 102 Å². The van der Waals surface area contributed by atoms with Crippen LogP contribution in [0.3, 0.4) is 0 Å². The Morgan fingerprint density at radius 3 is 1.68 bits per heavy atom. The highest BCUT2D eigenvalue weighted by Gasteiger charge is 2.49. The molecule has 19 heteroatoms. The number of carbonyl (C=O) groups excluding carboxylic acids is 8. The van der Waals surface area contributed by atoms with Crippen molar-refractivity contribution in [2.24, 2.45) is 11.8 Å². The first-order valence-corrected chi connectivity index (χ1v) is 27.3. The number of nitrogens with zero attached hydrogens (tertiary/aromatic N) is 2. The van der Waals surface area contributed by atoms with Crippen LogP contribution in [0, 0.1) is 11.8 Å². The van der Waals surface area contributed by atoms with Gasteiger partial charge in [-0.2, -0.15) is 0 Å². The number of nitrogens with one attached hydrogen (secondary N) is 8. The van der Waals surface area contributed by atoms with E-state index in [1.54, 1.807) is 48.2 Å². The van der Waals surface area contributed by atoms with Crippen molar-refractivity contribution in [3.05, 3.63) is 71.8 Å². The van der Waals surface area contributed by atoms with Gasteiger partial charge in [-0.05, 0) is 102 Å². The van der Waals surface area contributed by atoms with E-state index in [9.17, 15) is 43.5 Å². The number of hydrogen-bond acceptors (Lipinski definition) is 11. The summed E-state index contributed by atoms with van der Waals surface area (Å²) in [6.07, 6.45) is 9.60. The van der Waals surface area contributed by atoms with E-state index in [4.69, 9.17) is 0 Å². The molecule has 4 aliphatic rings. The number of rotatable bonds is 26. The van der Waals surface area contributed by atoms with Crippen molar-refractivity contribution in [2.75, 3.05) is 33.8 Å². The number of benzene rings is 2. The lowest BCUT2D eigenvalue weighted by molar-refractivity contribution is -0.144. The van der Waals surface area contributed by atoms with Crippen LogP contribution in [0.25, 0.3) is 0 Å². The maximum absolute atomic E-state index is 14.4. The molecule has 0 aromatic heterocycles. The van der Waals surface area contributed by atoms with Gasteiger partial charge in [0.05, 0.1) is 12.1 Å². The first-order valence-electron chi connectivity index (χ1n) is 27.3. The number of amides is 8. The van der Waals surface area contributed by atoms with Crippen LogP contribution in [-0.2, 0) is 44.9 Å². The van der Waals surface area contributed by atoms with Crippen LogP contribution in [0.2, 0.25) is 0 Å². The van der Waals surface area contributed by atoms with Crippen molar-refractivity contribution in [3.8, 4) is 0 Å². The van der Waals surface area contributed by atoms with E-state index in [1.165, 1.54) is 0 Å². The SMILES string of the molecule is CC[C@H](NC)C(=O)N[C@@H]1C(=O)N2C(CC[C@@H]1CO)CC[C@H]2C(=O)N[C@H](C(=O)NCCCCCCCC(=O)NC[C@H]1CC[C@H]2CC[C@@H](C(=O)NCc3ccccc3)N2C(=O)[C@H]1NC(=O)[C@H](CC)NC)c1ccccc1. The molecule has 0 aliphatic carbocycles. The van der Waals surface area contributed by atoms with E-state index in [0.717, 1.165) is 24.8 Å². The van der Waals surface area contributed by atoms with Gasteiger partial charge in [-0.15, -0.1) is 0 Å². The number of unbranched alkanes of at least 4 members (excludes halogenated alkanes) is 4. The van der Waals surface area contributed by atoms with Crippen molar-refractivity contribution >= 4 is 47.3 Å². The van der Waals surface area contributed by atoms with Crippen molar-refractivity contribution < 1.29 is 43.5 Å². The molecule has 4 aliphatic heterocycles. The van der Waals surface area contributed by atoms with Gasteiger partial charge < -0.3 is 57.4 Å². The minimum atomic E-state index is -1.01. The summed E-state index contributed by atoms with van der Waals surface area (Å²) >= 11 is 0. The Morgan fingerprint density at radius 2 is 1.11 bits per heavy atom. The van der Waals surface area contributed by atoms with Gasteiger partial charge >= 0.3 is 0 Å². The normalized spacial score (nSPS) is 24.8. The Labute approximate surface area is 436 Å². The van der Waals surface area contributed by atoms with Crippen LogP contribution in [0.1, 0.15) is 134 Å². The molecule has 6 rings (SSSR count).